The first-order valence-electron chi connectivity index (χ1n) is 5.68. The Morgan fingerprint density at radius 3 is 2.74 bits per heavy atom. The zero-order valence-corrected chi connectivity index (χ0v) is 13.5. The fourth-order valence-corrected chi connectivity index (χ4v) is 3.53. The molecule has 6 heteroatoms. The fourth-order valence-electron chi connectivity index (χ4n) is 1.84. The van der Waals surface area contributed by atoms with E-state index in [1.54, 1.807) is 18.4 Å². The van der Waals surface area contributed by atoms with Crippen LogP contribution in [0, 0.1) is 0 Å². The Morgan fingerprint density at radius 2 is 2.21 bits per heavy atom. The van der Waals surface area contributed by atoms with E-state index in [1.165, 1.54) is 4.88 Å². The van der Waals surface area contributed by atoms with E-state index in [9.17, 15) is 0 Å². The number of hydrazine groups is 1. The minimum absolute atomic E-state index is 0.0388. The molecule has 0 bridgehead atoms. The van der Waals surface area contributed by atoms with Crippen LogP contribution in [0.5, 0.6) is 5.75 Å². The molecule has 102 valence electrons. The van der Waals surface area contributed by atoms with Crippen LogP contribution in [-0.4, -0.2) is 7.11 Å². The molecule has 0 fully saturated rings. The molecule has 1 aromatic heterocycles. The number of halogens is 2. The van der Waals surface area contributed by atoms with Gasteiger partial charge in [0, 0.05) is 11.3 Å². The summed E-state index contributed by atoms with van der Waals surface area (Å²) >= 11 is 11.0. The smallest absolute Gasteiger partial charge is 0.133 e. The molecular weight excluding hydrogens is 348 g/mol. The van der Waals surface area contributed by atoms with Crippen LogP contribution in [0.25, 0.3) is 0 Å². The summed E-state index contributed by atoms with van der Waals surface area (Å²) in [6.45, 7) is 0. The zero-order chi connectivity index (χ0) is 13.8. The summed E-state index contributed by atoms with van der Waals surface area (Å²) in [5.41, 5.74) is 3.94. The first kappa shape index (κ1) is 14.8. The number of nitrogens with one attached hydrogen (secondary N) is 1. The van der Waals surface area contributed by atoms with E-state index in [1.807, 2.05) is 30.3 Å². The van der Waals surface area contributed by atoms with Crippen molar-refractivity contribution >= 4 is 38.9 Å². The van der Waals surface area contributed by atoms with Crippen molar-refractivity contribution in [3.05, 3.63) is 49.6 Å². The maximum Gasteiger partial charge on any atom is 0.133 e. The summed E-state index contributed by atoms with van der Waals surface area (Å²) in [4.78, 5) is 1.19. The summed E-state index contributed by atoms with van der Waals surface area (Å²) in [5, 5.41) is 0. The van der Waals surface area contributed by atoms with Gasteiger partial charge in [0.15, 0.2) is 0 Å². The van der Waals surface area contributed by atoms with Gasteiger partial charge in [-0.1, -0.05) is 17.7 Å². The third kappa shape index (κ3) is 3.70. The molecule has 19 heavy (non-hydrogen) atoms. The Morgan fingerprint density at radius 1 is 1.42 bits per heavy atom. The topological polar surface area (TPSA) is 47.3 Å². The van der Waals surface area contributed by atoms with Crippen molar-refractivity contribution in [2.45, 2.75) is 12.5 Å². The Balaban J connectivity index is 2.19. The lowest BCUT2D eigenvalue weighted by Gasteiger charge is -2.16. The van der Waals surface area contributed by atoms with Gasteiger partial charge in [-0.15, -0.1) is 11.3 Å². The van der Waals surface area contributed by atoms with Crippen LogP contribution in [0.1, 0.15) is 16.5 Å². The highest BCUT2D eigenvalue weighted by Crippen LogP contribution is 2.30. The van der Waals surface area contributed by atoms with Gasteiger partial charge in [-0.3, -0.25) is 11.3 Å². The second kappa shape index (κ2) is 6.72. The van der Waals surface area contributed by atoms with E-state index in [4.69, 9.17) is 22.2 Å². The Bertz CT molecular complexity index is 561. The van der Waals surface area contributed by atoms with Gasteiger partial charge in [0.05, 0.1) is 22.0 Å². The van der Waals surface area contributed by atoms with Crippen molar-refractivity contribution in [2.75, 3.05) is 7.11 Å². The summed E-state index contributed by atoms with van der Waals surface area (Å²) in [6.07, 6.45) is 0.798. The highest BCUT2D eigenvalue weighted by atomic mass is 79.9. The van der Waals surface area contributed by atoms with Gasteiger partial charge in [0.1, 0.15) is 5.75 Å². The molecule has 1 atom stereocenters. The number of hydrogen-bond donors (Lipinski definition) is 2. The molecule has 0 spiro atoms. The normalized spacial score (nSPS) is 12.4. The minimum Gasteiger partial charge on any atom is -0.496 e. The fraction of sp³-hybridized carbons (Fsp3) is 0.231. The van der Waals surface area contributed by atoms with Gasteiger partial charge < -0.3 is 4.74 Å². The number of nitrogens with two attached hydrogens (primary N) is 1. The largest absolute Gasteiger partial charge is 0.496 e. The lowest BCUT2D eigenvalue weighted by molar-refractivity contribution is 0.411. The predicted octanol–water partition coefficient (Wildman–Crippen LogP) is 3.92. The number of methoxy groups -OCH3 is 1. The summed E-state index contributed by atoms with van der Waals surface area (Å²) in [7, 11) is 1.64. The number of benzene rings is 1. The minimum atomic E-state index is 0.0388. The molecule has 1 unspecified atom stereocenters. The van der Waals surface area contributed by atoms with Crippen LogP contribution in [0.15, 0.2) is 34.8 Å². The third-order valence-electron chi connectivity index (χ3n) is 2.81. The van der Waals surface area contributed by atoms with Crippen molar-refractivity contribution in [1.82, 2.24) is 5.43 Å². The van der Waals surface area contributed by atoms with Crippen molar-refractivity contribution in [3.8, 4) is 5.75 Å². The van der Waals surface area contributed by atoms with Gasteiger partial charge in [-0.05, 0) is 45.8 Å². The predicted molar refractivity (Wildman–Crippen MR) is 83.8 cm³/mol. The van der Waals surface area contributed by atoms with Crippen LogP contribution in [0.4, 0.5) is 0 Å². The van der Waals surface area contributed by atoms with Gasteiger partial charge in [0.2, 0.25) is 0 Å². The van der Waals surface area contributed by atoms with Crippen molar-refractivity contribution in [1.29, 1.82) is 0 Å². The van der Waals surface area contributed by atoms with Gasteiger partial charge >= 0.3 is 0 Å². The average Bonchev–Trinajstić information content (AvgIpc) is 2.81. The Labute approximate surface area is 129 Å². The maximum atomic E-state index is 5.94. The molecule has 0 aliphatic carbocycles. The first-order valence-corrected chi connectivity index (χ1v) is 7.66. The summed E-state index contributed by atoms with van der Waals surface area (Å²) in [6, 6.07) is 9.90. The lowest BCUT2D eigenvalue weighted by Crippen LogP contribution is -2.29. The molecule has 0 aliphatic heterocycles. The zero-order valence-electron chi connectivity index (χ0n) is 10.3. The van der Waals surface area contributed by atoms with Gasteiger partial charge in [-0.25, -0.2) is 0 Å². The Hall–Kier alpha value is -0.590. The van der Waals surface area contributed by atoms with Crippen LogP contribution >= 0.6 is 38.9 Å². The molecule has 0 saturated carbocycles. The maximum absolute atomic E-state index is 5.94. The van der Waals surface area contributed by atoms with E-state index in [0.29, 0.717) is 0 Å². The number of rotatable bonds is 5. The molecule has 3 N–H and O–H groups in total. The lowest BCUT2D eigenvalue weighted by atomic mass is 10.0. The third-order valence-corrected chi connectivity index (χ3v) is 4.69. The molecule has 2 aromatic rings. The second-order valence-electron chi connectivity index (χ2n) is 4.02. The van der Waals surface area contributed by atoms with E-state index in [-0.39, 0.29) is 6.04 Å². The molecule has 0 aliphatic rings. The average molecular weight is 362 g/mol. The van der Waals surface area contributed by atoms with Gasteiger partial charge in [0.25, 0.3) is 0 Å². The molecule has 2 rings (SSSR count). The monoisotopic (exact) mass is 360 g/mol. The van der Waals surface area contributed by atoms with E-state index < -0.39 is 0 Å². The standard InChI is InChI=1S/C13H14BrClN2OS/c1-18-12-4-2-8(6-10(12)14)11(17-16)7-9-3-5-13(15)19-9/h2-6,11,17H,7,16H2,1H3. The van der Waals surface area contributed by atoms with Crippen LogP contribution in [0.3, 0.4) is 0 Å². The molecular formula is C13H14BrClN2OS. The highest BCUT2D eigenvalue weighted by molar-refractivity contribution is 9.10. The Kier molecular flexibility index (Phi) is 5.24. The molecule has 1 aromatic carbocycles. The molecule has 0 radical (unpaired) electrons. The summed E-state index contributed by atoms with van der Waals surface area (Å²) < 4.78 is 6.93. The van der Waals surface area contributed by atoms with Crippen LogP contribution in [-0.2, 0) is 6.42 Å². The molecule has 3 nitrogen and oxygen atoms in total. The molecule has 1 heterocycles. The van der Waals surface area contributed by atoms with Crippen molar-refractivity contribution in [2.24, 2.45) is 5.84 Å². The highest BCUT2D eigenvalue weighted by Gasteiger charge is 2.13. The quantitative estimate of drug-likeness (QED) is 0.627. The number of hydrogen-bond acceptors (Lipinski definition) is 4. The van der Waals surface area contributed by atoms with Crippen molar-refractivity contribution in [3.63, 3.8) is 0 Å². The molecule has 0 saturated heterocycles. The van der Waals surface area contributed by atoms with E-state index >= 15 is 0 Å². The summed E-state index contributed by atoms with van der Waals surface area (Å²) in [5.74, 6) is 6.46. The van der Waals surface area contributed by atoms with Crippen LogP contribution < -0.4 is 16.0 Å². The molecule has 0 amide bonds. The number of ether oxygens (including phenoxy) is 1. The first-order chi connectivity index (χ1) is 9.13. The van der Waals surface area contributed by atoms with Crippen LogP contribution in [0.2, 0.25) is 4.34 Å². The van der Waals surface area contributed by atoms with Gasteiger partial charge in [-0.2, -0.15) is 0 Å². The van der Waals surface area contributed by atoms with Crippen molar-refractivity contribution < 1.29 is 4.74 Å². The SMILES string of the molecule is COc1ccc(C(Cc2ccc(Cl)s2)NN)cc1Br. The van der Waals surface area contributed by atoms with E-state index in [2.05, 4.69) is 21.4 Å². The van der Waals surface area contributed by atoms with E-state index in [0.717, 1.165) is 26.5 Å². The second-order valence-corrected chi connectivity index (χ2v) is 6.68. The number of thiophene rings is 1.